The largest absolute Gasteiger partial charge is 0.454 e. The van der Waals surface area contributed by atoms with E-state index in [1.165, 1.54) is 0 Å². The van der Waals surface area contributed by atoms with Crippen molar-refractivity contribution in [2.24, 2.45) is 11.7 Å². The fraction of sp³-hybridized carbons (Fsp3) is 0.952. The summed E-state index contributed by atoms with van der Waals surface area (Å²) in [7, 11) is -0.177. The second kappa shape index (κ2) is 11.8. The van der Waals surface area contributed by atoms with Crippen LogP contribution in [0.5, 0.6) is 0 Å². The van der Waals surface area contributed by atoms with Crippen molar-refractivity contribution in [1.29, 1.82) is 0 Å². The molecule has 9 heteroatoms. The minimum Gasteiger partial charge on any atom is -0.403 e. The maximum Gasteiger partial charge on any atom is 0.454 e. The lowest BCUT2D eigenvalue weighted by Gasteiger charge is -2.43. The Labute approximate surface area is 182 Å². The van der Waals surface area contributed by atoms with Crippen LogP contribution in [-0.2, 0) is 23.6 Å². The monoisotopic (exact) mass is 427 g/mol. The minimum atomic E-state index is -0.312. The second-order valence-electron chi connectivity index (χ2n) is 9.10. The molecule has 0 aliphatic carbocycles. The molecule has 0 spiro atoms. The molecule has 0 aromatic heterocycles. The third kappa shape index (κ3) is 6.90. The molecule has 2 aliphatic rings. The summed E-state index contributed by atoms with van der Waals surface area (Å²) in [5, 5.41) is 3.02. The van der Waals surface area contributed by atoms with E-state index in [0.29, 0.717) is 45.4 Å². The van der Waals surface area contributed by atoms with E-state index in [9.17, 15) is 4.79 Å². The zero-order valence-corrected chi connectivity index (χ0v) is 19.6. The van der Waals surface area contributed by atoms with Gasteiger partial charge in [0.25, 0.3) is 0 Å². The first-order valence-corrected chi connectivity index (χ1v) is 11.5. The fourth-order valence-electron chi connectivity index (χ4n) is 4.63. The molecule has 2 heterocycles. The van der Waals surface area contributed by atoms with Gasteiger partial charge in [0, 0.05) is 19.6 Å². The van der Waals surface area contributed by atoms with Crippen LogP contribution in [0.2, 0.25) is 6.82 Å². The number of hydrogen-bond acceptors (Lipinski definition) is 7. The molecule has 2 unspecified atom stereocenters. The van der Waals surface area contributed by atoms with Crippen LogP contribution >= 0.6 is 0 Å². The Morgan fingerprint density at radius 1 is 1.17 bits per heavy atom. The summed E-state index contributed by atoms with van der Waals surface area (Å²) in [6.07, 6.45) is 2.83. The second-order valence-corrected chi connectivity index (χ2v) is 9.10. The predicted octanol–water partition coefficient (Wildman–Crippen LogP) is 1.29. The Morgan fingerprint density at radius 3 is 2.47 bits per heavy atom. The van der Waals surface area contributed by atoms with Crippen molar-refractivity contribution < 1.29 is 23.6 Å². The normalized spacial score (nSPS) is 29.3. The highest BCUT2D eigenvalue weighted by molar-refractivity contribution is 6.43. The van der Waals surface area contributed by atoms with E-state index >= 15 is 0 Å². The molecule has 0 bridgehead atoms. The number of likely N-dealkylation sites (N-methyl/N-ethyl adjacent to an activating group) is 1. The van der Waals surface area contributed by atoms with Crippen LogP contribution in [0.4, 0.5) is 0 Å². The number of carbonyl (C=O) groups excluding carboxylic acids is 1. The smallest absolute Gasteiger partial charge is 0.403 e. The molecule has 0 aromatic rings. The number of carbonyl (C=O) groups is 1. The number of piperidine rings is 1. The van der Waals surface area contributed by atoms with Crippen molar-refractivity contribution in [2.75, 3.05) is 52.6 Å². The van der Waals surface area contributed by atoms with Crippen LogP contribution < -0.4 is 11.1 Å². The third-order valence-electron chi connectivity index (χ3n) is 6.51. The quantitative estimate of drug-likeness (QED) is 0.358. The van der Waals surface area contributed by atoms with Gasteiger partial charge in [0.15, 0.2) is 0 Å². The summed E-state index contributed by atoms with van der Waals surface area (Å²) in [5.41, 5.74) is 4.74. The summed E-state index contributed by atoms with van der Waals surface area (Å²) < 4.78 is 22.9. The SMILES string of the molecule is CCN1CC(CC2(C)OB(C)OC2(C)C)CC[C@H]1C(=O)NCCOCCOCCN. The first-order chi connectivity index (χ1) is 14.2. The van der Waals surface area contributed by atoms with Crippen molar-refractivity contribution in [3.8, 4) is 0 Å². The summed E-state index contributed by atoms with van der Waals surface area (Å²) in [6, 6.07) is -0.0698. The van der Waals surface area contributed by atoms with E-state index in [2.05, 4.69) is 37.9 Å². The molecule has 0 saturated carbocycles. The topological polar surface area (TPSA) is 95.3 Å². The number of hydrogen-bond donors (Lipinski definition) is 2. The van der Waals surface area contributed by atoms with E-state index < -0.39 is 0 Å². The summed E-state index contributed by atoms with van der Waals surface area (Å²) in [6.45, 7) is 15.3. The fourth-order valence-corrected chi connectivity index (χ4v) is 4.63. The van der Waals surface area contributed by atoms with Gasteiger partial charge in [-0.15, -0.1) is 0 Å². The van der Waals surface area contributed by atoms with Crippen LogP contribution in [0.3, 0.4) is 0 Å². The maximum atomic E-state index is 12.7. The molecule has 0 aromatic carbocycles. The Kier molecular flexibility index (Phi) is 10.0. The van der Waals surface area contributed by atoms with Crippen LogP contribution in [-0.4, -0.2) is 87.8 Å². The number of amides is 1. The molecule has 3 N–H and O–H groups in total. The summed E-state index contributed by atoms with van der Waals surface area (Å²) >= 11 is 0. The first-order valence-electron chi connectivity index (χ1n) is 11.5. The highest BCUT2D eigenvalue weighted by Gasteiger charge is 2.53. The number of nitrogens with zero attached hydrogens (tertiary/aromatic N) is 1. The van der Waals surface area contributed by atoms with Crippen LogP contribution in [0.1, 0.15) is 47.0 Å². The number of ether oxygens (including phenoxy) is 2. The van der Waals surface area contributed by atoms with E-state index in [1.54, 1.807) is 0 Å². The number of nitrogens with one attached hydrogen (secondary N) is 1. The zero-order valence-electron chi connectivity index (χ0n) is 19.6. The molecular weight excluding hydrogens is 385 g/mol. The van der Waals surface area contributed by atoms with Gasteiger partial charge in [0.1, 0.15) is 0 Å². The van der Waals surface area contributed by atoms with Crippen molar-refractivity contribution in [3.05, 3.63) is 0 Å². The average molecular weight is 427 g/mol. The Bertz CT molecular complexity index is 539. The predicted molar refractivity (Wildman–Crippen MR) is 118 cm³/mol. The molecule has 8 nitrogen and oxygen atoms in total. The van der Waals surface area contributed by atoms with Crippen molar-refractivity contribution in [3.63, 3.8) is 0 Å². The highest BCUT2D eigenvalue weighted by Crippen LogP contribution is 2.43. The molecule has 3 atom stereocenters. The highest BCUT2D eigenvalue weighted by atomic mass is 16.7. The first kappa shape index (κ1) is 25.6. The lowest BCUT2D eigenvalue weighted by Crippen LogP contribution is -2.54. The van der Waals surface area contributed by atoms with Gasteiger partial charge in [0.2, 0.25) is 5.91 Å². The Morgan fingerprint density at radius 2 is 1.87 bits per heavy atom. The van der Waals surface area contributed by atoms with Crippen molar-refractivity contribution in [1.82, 2.24) is 10.2 Å². The van der Waals surface area contributed by atoms with E-state index in [4.69, 9.17) is 24.5 Å². The van der Waals surface area contributed by atoms with Crippen molar-refractivity contribution in [2.45, 2.75) is 71.0 Å². The average Bonchev–Trinajstić information content (AvgIpc) is 2.89. The Hall–Kier alpha value is -0.705. The lowest BCUT2D eigenvalue weighted by molar-refractivity contribution is -0.129. The molecule has 2 saturated heterocycles. The number of likely N-dealkylation sites (tertiary alicyclic amines) is 1. The lowest BCUT2D eigenvalue weighted by atomic mass is 9.77. The summed E-state index contributed by atoms with van der Waals surface area (Å²) in [4.78, 5) is 15.0. The number of nitrogens with two attached hydrogens (primary N) is 1. The van der Waals surface area contributed by atoms with Gasteiger partial charge >= 0.3 is 7.12 Å². The molecule has 1 amide bonds. The summed E-state index contributed by atoms with van der Waals surface area (Å²) in [5.74, 6) is 0.586. The molecule has 2 rings (SSSR count). The van der Waals surface area contributed by atoms with Gasteiger partial charge in [-0.3, -0.25) is 9.69 Å². The van der Waals surface area contributed by atoms with Gasteiger partial charge in [-0.25, -0.2) is 0 Å². The van der Waals surface area contributed by atoms with E-state index in [-0.39, 0.29) is 30.3 Å². The molecule has 30 heavy (non-hydrogen) atoms. The molecule has 2 fully saturated rings. The zero-order chi connectivity index (χ0) is 22.2. The van der Waals surface area contributed by atoms with Crippen LogP contribution in [0.15, 0.2) is 0 Å². The number of rotatable bonds is 12. The third-order valence-corrected chi connectivity index (χ3v) is 6.51. The standard InChI is InChI=1S/C21H42BN3O5/c1-6-25-16-17(15-21(4)20(2,3)29-22(5)30-21)7-8-18(25)19(26)24-10-12-28-14-13-27-11-9-23/h17-18H,6-16,23H2,1-5H3,(H,24,26)/t17?,18-,21?/m0/s1. The minimum absolute atomic E-state index is 0.0698. The van der Waals surface area contributed by atoms with Gasteiger partial charge in [0.05, 0.1) is 43.7 Å². The van der Waals surface area contributed by atoms with E-state index in [1.807, 2.05) is 6.82 Å². The Balaban J connectivity index is 1.74. The van der Waals surface area contributed by atoms with Gasteiger partial charge in [-0.2, -0.15) is 0 Å². The molecule has 0 radical (unpaired) electrons. The molecular formula is C21H42BN3O5. The van der Waals surface area contributed by atoms with Gasteiger partial charge in [-0.05, 0) is 59.3 Å². The van der Waals surface area contributed by atoms with Gasteiger partial charge in [-0.1, -0.05) is 6.92 Å². The molecule has 2 aliphatic heterocycles. The van der Waals surface area contributed by atoms with Crippen LogP contribution in [0.25, 0.3) is 0 Å². The van der Waals surface area contributed by atoms with E-state index in [0.717, 1.165) is 32.4 Å². The van der Waals surface area contributed by atoms with Gasteiger partial charge < -0.3 is 29.8 Å². The maximum absolute atomic E-state index is 12.7. The molecule has 174 valence electrons. The van der Waals surface area contributed by atoms with Crippen molar-refractivity contribution >= 4 is 13.0 Å². The van der Waals surface area contributed by atoms with Crippen LogP contribution in [0, 0.1) is 5.92 Å².